The second-order valence-corrected chi connectivity index (χ2v) is 6.24. The van der Waals surface area contributed by atoms with Gasteiger partial charge in [-0.2, -0.15) is 13.2 Å². The summed E-state index contributed by atoms with van der Waals surface area (Å²) in [6.45, 7) is 0.526. The number of rotatable bonds is 6. The molecule has 6 atom stereocenters. The van der Waals surface area contributed by atoms with Gasteiger partial charge in [-0.25, -0.2) is 0 Å². The Hall–Kier alpha value is -0.670. The number of alkyl halides is 3. The molecule has 0 unspecified atom stereocenters. The van der Waals surface area contributed by atoms with Gasteiger partial charge in [0.1, 0.15) is 17.8 Å². The first-order chi connectivity index (χ1) is 11.5. The number of hydrogen-bond donors (Lipinski definition) is 1. The molecule has 2 aliphatic heterocycles. The quantitative estimate of drug-likeness (QED) is 0.450. The number of halogens is 3. The minimum Gasteiger partial charge on any atom is -0.386 e. The van der Waals surface area contributed by atoms with Crippen LogP contribution in [0.15, 0.2) is 12.1 Å². The Labute approximate surface area is 135 Å². The zero-order valence-corrected chi connectivity index (χ0v) is 12.9. The third-order valence-corrected chi connectivity index (χ3v) is 4.58. The maximum Gasteiger partial charge on any atom is 0.411 e. The van der Waals surface area contributed by atoms with Crippen LogP contribution in [0.25, 0.3) is 0 Å². The fraction of sp³-hybridized carbons (Fsp3) is 0.867. The molecule has 3 aliphatic rings. The van der Waals surface area contributed by atoms with Crippen LogP contribution in [0.3, 0.4) is 0 Å². The van der Waals surface area contributed by atoms with Gasteiger partial charge < -0.3 is 24.1 Å². The van der Waals surface area contributed by atoms with Gasteiger partial charge in [-0.1, -0.05) is 12.1 Å². The summed E-state index contributed by atoms with van der Waals surface area (Å²) in [5.41, 5.74) is -1.85. The normalized spacial score (nSPS) is 50.3. The smallest absolute Gasteiger partial charge is 0.386 e. The molecule has 8 heteroatoms. The zero-order valence-electron chi connectivity index (χ0n) is 14.9. The SMILES string of the molecule is [2H]C1=C[C@]2(CO2)[C@@H]([C@]2(C)O[C@@H]2CCOCC(F)(F)F)[C@]([2H])(OC)[C@@H]1O. The topological polar surface area (TPSA) is 63.8 Å². The Balaban J connectivity index is 1.70. The molecule has 1 aliphatic carbocycles. The molecule has 1 spiro atoms. The van der Waals surface area contributed by atoms with Crippen molar-refractivity contribution < 1.29 is 40.0 Å². The van der Waals surface area contributed by atoms with Crippen molar-refractivity contribution in [1.29, 1.82) is 0 Å². The third kappa shape index (κ3) is 3.28. The predicted octanol–water partition coefficient (Wildman–Crippen LogP) is 1.44. The highest BCUT2D eigenvalue weighted by Gasteiger charge is 2.70. The van der Waals surface area contributed by atoms with Crippen LogP contribution in [0.1, 0.15) is 16.1 Å². The maximum atomic E-state index is 12.1. The highest BCUT2D eigenvalue weighted by Crippen LogP contribution is 2.57. The molecule has 1 N–H and O–H groups in total. The Bertz CT molecular complexity index is 568. The first kappa shape index (κ1) is 14.7. The van der Waals surface area contributed by atoms with Crippen molar-refractivity contribution in [3.63, 3.8) is 0 Å². The number of epoxide rings is 2. The van der Waals surface area contributed by atoms with Gasteiger partial charge in [0.25, 0.3) is 0 Å². The van der Waals surface area contributed by atoms with E-state index in [-0.39, 0.29) is 25.7 Å². The van der Waals surface area contributed by atoms with Crippen LogP contribution in [0.2, 0.25) is 0 Å². The molecule has 0 aromatic rings. The molecular formula is C15H21F3O5. The van der Waals surface area contributed by atoms with Crippen molar-refractivity contribution in [3.8, 4) is 0 Å². The summed E-state index contributed by atoms with van der Waals surface area (Å²) in [4.78, 5) is 0. The molecule has 0 amide bonds. The zero-order chi connectivity index (χ0) is 18.7. The lowest BCUT2D eigenvalue weighted by molar-refractivity contribution is -0.174. The lowest BCUT2D eigenvalue weighted by Gasteiger charge is -2.38. The van der Waals surface area contributed by atoms with E-state index in [2.05, 4.69) is 4.74 Å². The van der Waals surface area contributed by atoms with Crippen LogP contribution in [0, 0.1) is 5.92 Å². The second-order valence-electron chi connectivity index (χ2n) is 6.24. The van der Waals surface area contributed by atoms with E-state index >= 15 is 0 Å². The first-order valence-corrected chi connectivity index (χ1v) is 7.37. The fourth-order valence-electron chi connectivity index (χ4n) is 3.36. The molecule has 3 rings (SSSR count). The van der Waals surface area contributed by atoms with Gasteiger partial charge >= 0.3 is 6.18 Å². The van der Waals surface area contributed by atoms with Crippen LogP contribution >= 0.6 is 0 Å². The fourth-order valence-corrected chi connectivity index (χ4v) is 3.36. The van der Waals surface area contributed by atoms with Crippen LogP contribution in [0.5, 0.6) is 0 Å². The standard InChI is InChI=1S/C15H21F3O5/c1-13(10(23-13)4-6-21-8-15(16,17)18)12-11(20-2)9(19)3-5-14(12)7-22-14/h3,5,9-12,19H,4,6-8H2,1-2H3/t9-,10-,11-,12-,13-,14+/m1/s1/i3D,11D. The summed E-state index contributed by atoms with van der Waals surface area (Å²) in [5, 5.41) is 10.3. The van der Waals surface area contributed by atoms with Gasteiger partial charge in [-0.05, 0) is 13.3 Å². The Morgan fingerprint density at radius 1 is 1.52 bits per heavy atom. The second kappa shape index (κ2) is 5.70. The first-order valence-electron chi connectivity index (χ1n) is 8.37. The molecule has 5 nitrogen and oxygen atoms in total. The highest BCUT2D eigenvalue weighted by molar-refractivity contribution is 5.28. The minimum atomic E-state index is -4.38. The number of aliphatic hydroxyl groups is 1. The summed E-state index contributed by atoms with van der Waals surface area (Å²) in [5.74, 6) is -0.728. The van der Waals surface area contributed by atoms with Gasteiger partial charge in [-0.3, -0.25) is 0 Å². The van der Waals surface area contributed by atoms with Gasteiger partial charge in [0.05, 0.1) is 33.6 Å². The summed E-state index contributed by atoms with van der Waals surface area (Å²) in [6, 6.07) is -0.153. The monoisotopic (exact) mass is 340 g/mol. The van der Waals surface area contributed by atoms with Crippen molar-refractivity contribution in [2.75, 3.05) is 26.9 Å². The molecule has 23 heavy (non-hydrogen) atoms. The summed E-state index contributed by atoms with van der Waals surface area (Å²) in [6.07, 6.45) is -6.46. The molecule has 0 bridgehead atoms. The summed E-state index contributed by atoms with van der Waals surface area (Å²) >= 11 is 0. The molecule has 0 radical (unpaired) electrons. The van der Waals surface area contributed by atoms with Gasteiger partial charge in [0.2, 0.25) is 0 Å². The lowest BCUT2D eigenvalue weighted by atomic mass is 9.71. The van der Waals surface area contributed by atoms with E-state index in [0.29, 0.717) is 0 Å². The van der Waals surface area contributed by atoms with Crippen molar-refractivity contribution in [1.82, 2.24) is 0 Å². The van der Waals surface area contributed by atoms with Gasteiger partial charge in [0.15, 0.2) is 0 Å². The van der Waals surface area contributed by atoms with Gasteiger partial charge in [0, 0.05) is 13.7 Å². The Morgan fingerprint density at radius 3 is 2.78 bits per heavy atom. The average Bonchev–Trinajstić information content (AvgIpc) is 3.40. The minimum absolute atomic E-state index is 0.138. The van der Waals surface area contributed by atoms with E-state index in [1.165, 1.54) is 13.2 Å². The average molecular weight is 340 g/mol. The summed E-state index contributed by atoms with van der Waals surface area (Å²) in [7, 11) is 1.27. The lowest BCUT2D eigenvalue weighted by Crippen LogP contribution is -2.52. The molecule has 2 saturated heterocycles. The highest BCUT2D eigenvalue weighted by atomic mass is 19.4. The molecular weight excluding hydrogens is 317 g/mol. The van der Waals surface area contributed by atoms with E-state index in [9.17, 15) is 18.3 Å². The molecule has 2 heterocycles. The maximum absolute atomic E-state index is 12.1. The van der Waals surface area contributed by atoms with E-state index in [4.69, 9.17) is 17.0 Å². The Morgan fingerprint density at radius 2 is 2.22 bits per heavy atom. The molecule has 0 saturated carbocycles. The molecule has 0 aromatic heterocycles. The van der Waals surface area contributed by atoms with Crippen LogP contribution in [-0.4, -0.2) is 67.7 Å². The van der Waals surface area contributed by atoms with E-state index in [1.807, 2.05) is 0 Å². The number of aliphatic hydroxyl groups excluding tert-OH is 1. The largest absolute Gasteiger partial charge is 0.411 e. The van der Waals surface area contributed by atoms with Gasteiger partial charge in [-0.15, -0.1) is 0 Å². The Kier molecular flexibility index (Phi) is 3.63. The van der Waals surface area contributed by atoms with E-state index in [0.717, 1.165) is 0 Å². The van der Waals surface area contributed by atoms with Crippen molar-refractivity contribution in [3.05, 3.63) is 12.1 Å². The molecule has 2 fully saturated rings. The number of methoxy groups -OCH3 is 1. The van der Waals surface area contributed by atoms with Crippen LogP contribution < -0.4 is 0 Å². The van der Waals surface area contributed by atoms with Crippen molar-refractivity contribution >= 4 is 0 Å². The molecule has 132 valence electrons. The van der Waals surface area contributed by atoms with E-state index < -0.39 is 48.2 Å². The number of ether oxygens (including phenoxy) is 4. The third-order valence-electron chi connectivity index (χ3n) is 4.58. The number of hydrogen-bond acceptors (Lipinski definition) is 5. The van der Waals surface area contributed by atoms with Crippen LogP contribution in [0.4, 0.5) is 13.2 Å². The summed E-state index contributed by atoms with van der Waals surface area (Å²) < 4.78 is 73.8. The predicted molar refractivity (Wildman–Crippen MR) is 72.9 cm³/mol. The van der Waals surface area contributed by atoms with Crippen molar-refractivity contribution in [2.24, 2.45) is 5.92 Å². The van der Waals surface area contributed by atoms with E-state index in [1.54, 1.807) is 6.92 Å². The van der Waals surface area contributed by atoms with Crippen molar-refractivity contribution in [2.45, 2.75) is 49.0 Å². The van der Waals surface area contributed by atoms with Crippen LogP contribution in [-0.2, 0) is 18.9 Å². The molecule has 0 aromatic carbocycles.